The van der Waals surface area contributed by atoms with Crippen LogP contribution in [-0.4, -0.2) is 13.7 Å². The second-order valence-electron chi connectivity index (χ2n) is 3.69. The average molecular weight is 164 g/mol. The summed E-state index contributed by atoms with van der Waals surface area (Å²) in [7, 11) is 1.72. The number of hydrogen-bond acceptors (Lipinski definition) is 1. The smallest absolute Gasteiger partial charge is 0.0712 e. The van der Waals surface area contributed by atoms with Crippen molar-refractivity contribution in [3.05, 3.63) is 36.0 Å². The van der Waals surface area contributed by atoms with Crippen LogP contribution in [0, 0.1) is 5.41 Å². The summed E-state index contributed by atoms with van der Waals surface area (Å²) >= 11 is 0. The van der Waals surface area contributed by atoms with Crippen molar-refractivity contribution in [3.63, 3.8) is 0 Å². The second-order valence-corrected chi connectivity index (χ2v) is 3.69. The van der Waals surface area contributed by atoms with Crippen LogP contribution < -0.4 is 0 Å². The van der Waals surface area contributed by atoms with E-state index >= 15 is 0 Å². The molecule has 0 fully saturated rings. The van der Waals surface area contributed by atoms with Crippen molar-refractivity contribution >= 4 is 0 Å². The summed E-state index contributed by atoms with van der Waals surface area (Å²) in [4.78, 5) is 0. The Kier molecular flexibility index (Phi) is 2.88. The Hall–Kier alpha value is -0.820. The molecule has 0 aliphatic heterocycles. The Bertz CT molecular complexity index is 231. The molecule has 12 heavy (non-hydrogen) atoms. The molecule has 0 aromatic carbocycles. The maximum absolute atomic E-state index is 5.05. The summed E-state index contributed by atoms with van der Waals surface area (Å²) in [5.41, 5.74) is 1.39. The Morgan fingerprint density at radius 3 is 2.75 bits per heavy atom. The summed E-state index contributed by atoms with van der Waals surface area (Å²) in [6.45, 7) is 5.06. The van der Waals surface area contributed by atoms with Crippen LogP contribution in [0.25, 0.3) is 0 Å². The predicted molar refractivity (Wildman–Crippen MR) is 52.0 cm³/mol. The van der Waals surface area contributed by atoms with Gasteiger partial charge in [-0.3, -0.25) is 0 Å². The topological polar surface area (TPSA) is 9.23 Å². The molecule has 0 atom stereocenters. The fraction of sp³-hybridized carbons (Fsp3) is 0.455. The maximum atomic E-state index is 5.05. The molecule has 1 nitrogen and oxygen atoms in total. The third kappa shape index (κ3) is 2.67. The molecule has 1 rings (SSSR count). The van der Waals surface area contributed by atoms with E-state index in [1.807, 2.05) is 0 Å². The summed E-state index contributed by atoms with van der Waals surface area (Å²) in [6.07, 6.45) is 10.7. The van der Waals surface area contributed by atoms with Gasteiger partial charge in [0.05, 0.1) is 6.61 Å². The zero-order valence-corrected chi connectivity index (χ0v) is 8.00. The van der Waals surface area contributed by atoms with Gasteiger partial charge in [-0.1, -0.05) is 44.2 Å². The fourth-order valence-corrected chi connectivity index (χ4v) is 1.12. The maximum Gasteiger partial charge on any atom is 0.0712 e. The van der Waals surface area contributed by atoms with Gasteiger partial charge >= 0.3 is 0 Å². The molecule has 0 aromatic heterocycles. The van der Waals surface area contributed by atoms with Gasteiger partial charge in [0.1, 0.15) is 0 Å². The van der Waals surface area contributed by atoms with Crippen molar-refractivity contribution in [3.8, 4) is 0 Å². The van der Waals surface area contributed by atoms with E-state index in [-0.39, 0.29) is 5.41 Å². The van der Waals surface area contributed by atoms with Crippen LogP contribution in [0.2, 0.25) is 0 Å². The molecule has 0 saturated carbocycles. The molecule has 0 spiro atoms. The van der Waals surface area contributed by atoms with Crippen molar-refractivity contribution in [2.24, 2.45) is 5.41 Å². The van der Waals surface area contributed by atoms with Crippen LogP contribution >= 0.6 is 0 Å². The average Bonchev–Trinajstić information content (AvgIpc) is 2.14. The van der Waals surface area contributed by atoms with E-state index in [2.05, 4.69) is 44.2 Å². The predicted octanol–water partition coefficient (Wildman–Crippen LogP) is 2.71. The fourth-order valence-electron chi connectivity index (χ4n) is 1.12. The SMILES string of the molecule is COCC1=CC=CC(C)(C)C=C1. The molecule has 0 heterocycles. The summed E-state index contributed by atoms with van der Waals surface area (Å²) in [6, 6.07) is 0. The molecule has 0 aromatic rings. The molecular formula is C11H16O. The first-order valence-electron chi connectivity index (χ1n) is 4.21. The minimum Gasteiger partial charge on any atom is -0.380 e. The first-order valence-corrected chi connectivity index (χ1v) is 4.21. The largest absolute Gasteiger partial charge is 0.380 e. The third-order valence-electron chi connectivity index (χ3n) is 1.87. The van der Waals surface area contributed by atoms with Crippen LogP contribution in [0.3, 0.4) is 0 Å². The monoisotopic (exact) mass is 164 g/mol. The Labute approximate surface area is 74.4 Å². The molecule has 0 N–H and O–H groups in total. The lowest BCUT2D eigenvalue weighted by Gasteiger charge is -2.12. The number of methoxy groups -OCH3 is 1. The van der Waals surface area contributed by atoms with Gasteiger partial charge in [0.25, 0.3) is 0 Å². The first-order chi connectivity index (χ1) is 5.64. The van der Waals surface area contributed by atoms with Gasteiger partial charge in [0.15, 0.2) is 0 Å². The summed E-state index contributed by atoms with van der Waals surface area (Å²) in [5, 5.41) is 0. The van der Waals surface area contributed by atoms with Gasteiger partial charge in [-0.05, 0) is 5.57 Å². The molecule has 0 bridgehead atoms. The molecule has 66 valence electrons. The number of hydrogen-bond donors (Lipinski definition) is 0. The Balaban J connectivity index is 2.72. The van der Waals surface area contributed by atoms with Crippen molar-refractivity contribution in [2.45, 2.75) is 13.8 Å². The van der Waals surface area contributed by atoms with Gasteiger partial charge in [-0.2, -0.15) is 0 Å². The second kappa shape index (κ2) is 3.72. The van der Waals surface area contributed by atoms with Crippen molar-refractivity contribution < 1.29 is 4.74 Å². The summed E-state index contributed by atoms with van der Waals surface area (Å²) < 4.78 is 5.05. The van der Waals surface area contributed by atoms with Crippen molar-refractivity contribution in [1.29, 1.82) is 0 Å². The Morgan fingerprint density at radius 2 is 2.08 bits per heavy atom. The van der Waals surface area contributed by atoms with E-state index in [1.54, 1.807) is 7.11 Å². The van der Waals surface area contributed by atoms with Gasteiger partial charge in [-0.15, -0.1) is 0 Å². The van der Waals surface area contributed by atoms with Crippen molar-refractivity contribution in [2.75, 3.05) is 13.7 Å². The molecule has 0 saturated heterocycles. The van der Waals surface area contributed by atoms with E-state index < -0.39 is 0 Å². The lowest BCUT2D eigenvalue weighted by atomic mass is 9.93. The highest BCUT2D eigenvalue weighted by Gasteiger charge is 2.09. The van der Waals surface area contributed by atoms with Gasteiger partial charge in [0.2, 0.25) is 0 Å². The Morgan fingerprint density at radius 1 is 1.33 bits per heavy atom. The van der Waals surface area contributed by atoms with E-state index in [4.69, 9.17) is 4.74 Å². The highest BCUT2D eigenvalue weighted by Crippen LogP contribution is 2.22. The highest BCUT2D eigenvalue weighted by atomic mass is 16.5. The summed E-state index contributed by atoms with van der Waals surface area (Å²) in [5.74, 6) is 0. The minimum absolute atomic E-state index is 0.173. The number of ether oxygens (including phenoxy) is 1. The number of rotatable bonds is 2. The first kappa shape index (κ1) is 9.27. The molecule has 0 radical (unpaired) electrons. The van der Waals surface area contributed by atoms with Crippen LogP contribution in [0.1, 0.15) is 13.8 Å². The van der Waals surface area contributed by atoms with Gasteiger partial charge in [-0.25, -0.2) is 0 Å². The molecule has 1 aliphatic rings. The molecule has 0 unspecified atom stereocenters. The van der Waals surface area contributed by atoms with Gasteiger partial charge < -0.3 is 4.74 Å². The minimum atomic E-state index is 0.173. The lowest BCUT2D eigenvalue weighted by Crippen LogP contribution is -2.01. The normalized spacial score (nSPS) is 20.4. The van der Waals surface area contributed by atoms with E-state index in [0.717, 1.165) is 0 Å². The third-order valence-corrected chi connectivity index (χ3v) is 1.87. The zero-order valence-electron chi connectivity index (χ0n) is 8.00. The lowest BCUT2D eigenvalue weighted by molar-refractivity contribution is 0.228. The van der Waals surface area contributed by atoms with Crippen LogP contribution in [0.5, 0.6) is 0 Å². The number of allylic oxidation sites excluding steroid dienone is 4. The standard InChI is InChI=1S/C11H16O/c1-11(2)7-4-5-10(6-8-11)9-12-3/h4-8H,9H2,1-3H3. The van der Waals surface area contributed by atoms with E-state index in [1.165, 1.54) is 5.57 Å². The highest BCUT2D eigenvalue weighted by molar-refractivity contribution is 5.31. The van der Waals surface area contributed by atoms with E-state index in [9.17, 15) is 0 Å². The molecule has 1 aliphatic carbocycles. The molecular weight excluding hydrogens is 148 g/mol. The quantitative estimate of drug-likeness (QED) is 0.609. The van der Waals surface area contributed by atoms with Gasteiger partial charge in [0, 0.05) is 12.5 Å². The van der Waals surface area contributed by atoms with Crippen LogP contribution in [0.4, 0.5) is 0 Å². The van der Waals surface area contributed by atoms with Crippen LogP contribution in [0.15, 0.2) is 36.0 Å². The van der Waals surface area contributed by atoms with Crippen LogP contribution in [-0.2, 0) is 4.74 Å². The van der Waals surface area contributed by atoms with E-state index in [0.29, 0.717) is 6.61 Å². The molecule has 0 amide bonds. The zero-order chi connectivity index (χ0) is 9.03. The van der Waals surface area contributed by atoms with Crippen molar-refractivity contribution in [1.82, 2.24) is 0 Å². The molecule has 1 heteroatoms.